The van der Waals surface area contributed by atoms with Crippen LogP contribution >= 0.6 is 11.6 Å². The van der Waals surface area contributed by atoms with Crippen molar-refractivity contribution in [2.45, 2.75) is 32.8 Å². The molecule has 0 fully saturated rings. The Kier molecular flexibility index (Phi) is 5.29. The SMILES string of the molecule is COc1cc(Cl)cc(CCC=O)c1OC(C)C. The Labute approximate surface area is 107 Å². The minimum atomic E-state index is 0.0417. The summed E-state index contributed by atoms with van der Waals surface area (Å²) in [5.41, 5.74) is 0.898. The molecule has 1 aromatic carbocycles. The number of aryl methyl sites for hydroxylation is 1. The number of aldehydes is 1. The molecular weight excluding hydrogens is 240 g/mol. The van der Waals surface area contributed by atoms with E-state index in [2.05, 4.69) is 0 Å². The summed E-state index contributed by atoms with van der Waals surface area (Å²) in [4.78, 5) is 10.4. The molecule has 0 radical (unpaired) electrons. The molecule has 1 rings (SSSR count). The summed E-state index contributed by atoms with van der Waals surface area (Å²) in [5.74, 6) is 1.28. The van der Waals surface area contributed by atoms with E-state index in [1.54, 1.807) is 13.2 Å². The Balaban J connectivity index is 3.12. The van der Waals surface area contributed by atoms with Gasteiger partial charge >= 0.3 is 0 Å². The van der Waals surface area contributed by atoms with Crippen molar-refractivity contribution in [2.75, 3.05) is 7.11 Å². The quantitative estimate of drug-likeness (QED) is 0.733. The summed E-state index contributed by atoms with van der Waals surface area (Å²) in [6.07, 6.45) is 1.97. The van der Waals surface area contributed by atoms with Crippen molar-refractivity contribution in [1.82, 2.24) is 0 Å². The average Bonchev–Trinajstić information content (AvgIpc) is 2.28. The van der Waals surface area contributed by atoms with Gasteiger partial charge in [0, 0.05) is 17.5 Å². The minimum absolute atomic E-state index is 0.0417. The van der Waals surface area contributed by atoms with Gasteiger partial charge in [-0.1, -0.05) is 11.6 Å². The first kappa shape index (κ1) is 13.8. The standard InChI is InChI=1S/C13H17ClO3/c1-9(2)17-13-10(5-4-6-15)7-11(14)8-12(13)16-3/h6-9H,4-5H2,1-3H3. The third kappa shape index (κ3) is 3.93. The Morgan fingerprint density at radius 3 is 2.65 bits per heavy atom. The summed E-state index contributed by atoms with van der Waals surface area (Å²) < 4.78 is 11.0. The molecule has 0 N–H and O–H groups in total. The molecule has 17 heavy (non-hydrogen) atoms. The Hall–Kier alpha value is -1.22. The van der Waals surface area contributed by atoms with Gasteiger partial charge in [-0.25, -0.2) is 0 Å². The molecule has 0 bridgehead atoms. The maximum atomic E-state index is 10.4. The molecule has 94 valence electrons. The second-order valence-electron chi connectivity index (χ2n) is 3.97. The van der Waals surface area contributed by atoms with Crippen LogP contribution < -0.4 is 9.47 Å². The fourth-order valence-electron chi connectivity index (χ4n) is 1.54. The molecule has 0 aromatic heterocycles. The number of carbonyl (C=O) groups excluding carboxylic acids is 1. The lowest BCUT2D eigenvalue weighted by Gasteiger charge is -2.17. The fraction of sp³-hybridized carbons (Fsp3) is 0.462. The first-order valence-corrected chi connectivity index (χ1v) is 5.93. The molecule has 0 aliphatic carbocycles. The summed E-state index contributed by atoms with van der Waals surface area (Å²) in [7, 11) is 1.57. The molecule has 0 aliphatic rings. The van der Waals surface area contributed by atoms with Gasteiger partial charge in [-0.2, -0.15) is 0 Å². The molecule has 0 aliphatic heterocycles. The van der Waals surface area contributed by atoms with E-state index < -0.39 is 0 Å². The number of ether oxygens (including phenoxy) is 2. The number of carbonyl (C=O) groups is 1. The van der Waals surface area contributed by atoms with Gasteiger partial charge in [-0.3, -0.25) is 0 Å². The van der Waals surface area contributed by atoms with E-state index in [0.717, 1.165) is 11.8 Å². The van der Waals surface area contributed by atoms with Crippen LogP contribution in [0.15, 0.2) is 12.1 Å². The fourth-order valence-corrected chi connectivity index (χ4v) is 1.77. The maximum Gasteiger partial charge on any atom is 0.164 e. The second kappa shape index (κ2) is 6.50. The van der Waals surface area contributed by atoms with Crippen LogP contribution in [0.1, 0.15) is 25.8 Å². The zero-order chi connectivity index (χ0) is 12.8. The van der Waals surface area contributed by atoms with Gasteiger partial charge in [0.1, 0.15) is 6.29 Å². The number of benzene rings is 1. The number of hydrogen-bond donors (Lipinski definition) is 0. The molecule has 0 heterocycles. The van der Waals surface area contributed by atoms with Crippen LogP contribution in [0.2, 0.25) is 5.02 Å². The molecule has 0 spiro atoms. The highest BCUT2D eigenvalue weighted by molar-refractivity contribution is 6.30. The lowest BCUT2D eigenvalue weighted by Crippen LogP contribution is -2.09. The van der Waals surface area contributed by atoms with Gasteiger partial charge in [0.15, 0.2) is 11.5 Å². The summed E-state index contributed by atoms with van der Waals surface area (Å²) >= 11 is 5.99. The molecule has 1 aromatic rings. The highest BCUT2D eigenvalue weighted by atomic mass is 35.5. The van der Waals surface area contributed by atoms with Crippen molar-refractivity contribution in [1.29, 1.82) is 0 Å². The van der Waals surface area contributed by atoms with Crippen LogP contribution in [0.5, 0.6) is 11.5 Å². The van der Waals surface area contributed by atoms with E-state index in [-0.39, 0.29) is 6.10 Å². The van der Waals surface area contributed by atoms with Gasteiger partial charge in [-0.05, 0) is 31.9 Å². The van der Waals surface area contributed by atoms with Crippen LogP contribution in [-0.2, 0) is 11.2 Å². The predicted molar refractivity (Wildman–Crippen MR) is 68.2 cm³/mol. The van der Waals surface area contributed by atoms with Gasteiger partial charge < -0.3 is 14.3 Å². The molecule has 0 saturated heterocycles. The van der Waals surface area contributed by atoms with E-state index >= 15 is 0 Å². The summed E-state index contributed by atoms with van der Waals surface area (Å²) in [6.45, 7) is 3.88. The molecule has 0 amide bonds. The van der Waals surface area contributed by atoms with Crippen LogP contribution in [-0.4, -0.2) is 19.5 Å². The zero-order valence-electron chi connectivity index (χ0n) is 10.3. The highest BCUT2D eigenvalue weighted by Gasteiger charge is 2.13. The first-order chi connectivity index (χ1) is 8.08. The normalized spacial score (nSPS) is 10.4. The van der Waals surface area contributed by atoms with E-state index in [1.807, 2.05) is 19.9 Å². The van der Waals surface area contributed by atoms with Crippen molar-refractivity contribution >= 4 is 17.9 Å². The Morgan fingerprint density at radius 2 is 2.12 bits per heavy atom. The lowest BCUT2D eigenvalue weighted by molar-refractivity contribution is -0.107. The molecule has 0 unspecified atom stereocenters. The van der Waals surface area contributed by atoms with Crippen molar-refractivity contribution in [3.05, 3.63) is 22.7 Å². The van der Waals surface area contributed by atoms with Crippen LogP contribution in [0.4, 0.5) is 0 Å². The van der Waals surface area contributed by atoms with Gasteiger partial charge in [0.2, 0.25) is 0 Å². The predicted octanol–water partition coefficient (Wildman–Crippen LogP) is 3.27. The molecule has 4 heteroatoms. The molecular formula is C13H17ClO3. The summed E-state index contributed by atoms with van der Waals surface area (Å²) in [6, 6.07) is 3.52. The summed E-state index contributed by atoms with van der Waals surface area (Å²) in [5, 5.41) is 0.582. The van der Waals surface area contributed by atoms with E-state index in [0.29, 0.717) is 29.4 Å². The number of rotatable bonds is 6. The Morgan fingerprint density at radius 1 is 1.41 bits per heavy atom. The largest absolute Gasteiger partial charge is 0.493 e. The Bertz CT molecular complexity index is 388. The third-order valence-electron chi connectivity index (χ3n) is 2.20. The minimum Gasteiger partial charge on any atom is -0.493 e. The number of halogens is 1. The van der Waals surface area contributed by atoms with Crippen molar-refractivity contribution in [2.24, 2.45) is 0 Å². The first-order valence-electron chi connectivity index (χ1n) is 5.55. The van der Waals surface area contributed by atoms with Gasteiger partial charge in [-0.15, -0.1) is 0 Å². The number of methoxy groups -OCH3 is 1. The second-order valence-corrected chi connectivity index (χ2v) is 4.40. The lowest BCUT2D eigenvalue weighted by atomic mass is 10.1. The van der Waals surface area contributed by atoms with E-state index in [1.165, 1.54) is 0 Å². The van der Waals surface area contributed by atoms with Crippen molar-refractivity contribution in [3.8, 4) is 11.5 Å². The van der Waals surface area contributed by atoms with Crippen LogP contribution in [0.3, 0.4) is 0 Å². The zero-order valence-corrected chi connectivity index (χ0v) is 11.1. The number of hydrogen-bond acceptors (Lipinski definition) is 3. The maximum absolute atomic E-state index is 10.4. The van der Waals surface area contributed by atoms with Crippen LogP contribution in [0.25, 0.3) is 0 Å². The molecule has 3 nitrogen and oxygen atoms in total. The molecule has 0 saturated carbocycles. The van der Waals surface area contributed by atoms with Crippen LogP contribution in [0, 0.1) is 0 Å². The monoisotopic (exact) mass is 256 g/mol. The highest BCUT2D eigenvalue weighted by Crippen LogP contribution is 2.36. The van der Waals surface area contributed by atoms with E-state index in [9.17, 15) is 4.79 Å². The molecule has 0 atom stereocenters. The van der Waals surface area contributed by atoms with Gasteiger partial charge in [0.25, 0.3) is 0 Å². The van der Waals surface area contributed by atoms with Crippen molar-refractivity contribution in [3.63, 3.8) is 0 Å². The smallest absolute Gasteiger partial charge is 0.164 e. The average molecular weight is 257 g/mol. The third-order valence-corrected chi connectivity index (χ3v) is 2.42. The van der Waals surface area contributed by atoms with Crippen molar-refractivity contribution < 1.29 is 14.3 Å². The van der Waals surface area contributed by atoms with Gasteiger partial charge in [0.05, 0.1) is 13.2 Å². The van der Waals surface area contributed by atoms with E-state index in [4.69, 9.17) is 21.1 Å². The topological polar surface area (TPSA) is 35.5 Å².